The first-order chi connectivity index (χ1) is 17.7. The third-order valence-electron chi connectivity index (χ3n) is 7.25. The first-order valence-corrected chi connectivity index (χ1v) is 12.2. The van der Waals surface area contributed by atoms with Crippen LogP contribution in [-0.4, -0.2) is 5.71 Å². The molecule has 5 aromatic rings. The Labute approximate surface area is 211 Å². The fourth-order valence-corrected chi connectivity index (χ4v) is 5.66. The standard InChI is InChI=1S/C34H26N2/c35-22-21-33(36)25-17-15-24(16-18-25)26-19-20-30-29-13-7-8-14-31(29)34(32(30)23-26,27-9-3-1-4-10-27)28-11-5-2-6-12-28/h1-23,36H,35H2/b22-21-,36-33?. The van der Waals surface area contributed by atoms with E-state index in [2.05, 4.69) is 115 Å². The highest BCUT2D eigenvalue weighted by Crippen LogP contribution is 2.56. The van der Waals surface area contributed by atoms with E-state index in [1.54, 1.807) is 6.08 Å². The number of nitrogens with one attached hydrogen (secondary N) is 1. The molecule has 0 saturated carbocycles. The van der Waals surface area contributed by atoms with E-state index < -0.39 is 5.41 Å². The molecule has 0 amide bonds. The molecule has 0 aromatic heterocycles. The lowest BCUT2D eigenvalue weighted by Gasteiger charge is -2.34. The summed E-state index contributed by atoms with van der Waals surface area (Å²) in [7, 11) is 0. The van der Waals surface area contributed by atoms with E-state index in [0.29, 0.717) is 5.71 Å². The van der Waals surface area contributed by atoms with E-state index in [1.165, 1.54) is 39.6 Å². The number of hydrogen-bond donors (Lipinski definition) is 2. The van der Waals surface area contributed by atoms with Crippen molar-refractivity contribution in [2.24, 2.45) is 5.73 Å². The number of fused-ring (bicyclic) bond motifs is 3. The molecule has 36 heavy (non-hydrogen) atoms. The monoisotopic (exact) mass is 462 g/mol. The van der Waals surface area contributed by atoms with Gasteiger partial charge in [0.15, 0.2) is 0 Å². The van der Waals surface area contributed by atoms with Gasteiger partial charge in [-0.3, -0.25) is 0 Å². The molecule has 0 unspecified atom stereocenters. The maximum absolute atomic E-state index is 8.16. The minimum absolute atomic E-state index is 0.403. The van der Waals surface area contributed by atoms with Crippen molar-refractivity contribution in [1.82, 2.24) is 0 Å². The van der Waals surface area contributed by atoms with Gasteiger partial charge in [-0.15, -0.1) is 0 Å². The third kappa shape index (κ3) is 3.30. The molecule has 1 aliphatic carbocycles. The second-order valence-electron chi connectivity index (χ2n) is 9.14. The molecule has 2 heteroatoms. The van der Waals surface area contributed by atoms with Crippen LogP contribution in [0.1, 0.15) is 27.8 Å². The van der Waals surface area contributed by atoms with E-state index in [-0.39, 0.29) is 0 Å². The molecular formula is C34H26N2. The largest absolute Gasteiger partial charge is 0.405 e. The smallest absolute Gasteiger partial charge is 0.0713 e. The van der Waals surface area contributed by atoms with Crippen LogP contribution in [-0.2, 0) is 5.41 Å². The lowest BCUT2D eigenvalue weighted by molar-refractivity contribution is 0.769. The summed E-state index contributed by atoms with van der Waals surface area (Å²) in [5.41, 5.74) is 16.3. The molecule has 5 aromatic carbocycles. The van der Waals surface area contributed by atoms with Crippen molar-refractivity contribution in [3.05, 3.63) is 167 Å². The van der Waals surface area contributed by atoms with Crippen molar-refractivity contribution < 1.29 is 0 Å². The summed E-state index contributed by atoms with van der Waals surface area (Å²) >= 11 is 0. The number of allylic oxidation sites excluding steroid dienone is 1. The highest BCUT2D eigenvalue weighted by molar-refractivity contribution is 6.06. The van der Waals surface area contributed by atoms with Crippen molar-refractivity contribution in [2.45, 2.75) is 5.41 Å². The molecule has 0 aliphatic heterocycles. The molecule has 0 saturated heterocycles. The topological polar surface area (TPSA) is 49.9 Å². The summed E-state index contributed by atoms with van der Waals surface area (Å²) in [6.07, 6.45) is 3.01. The Bertz CT molecular complexity index is 1540. The molecule has 0 atom stereocenters. The van der Waals surface area contributed by atoms with E-state index in [4.69, 9.17) is 11.1 Å². The third-order valence-corrected chi connectivity index (χ3v) is 7.25. The van der Waals surface area contributed by atoms with Crippen molar-refractivity contribution in [3.63, 3.8) is 0 Å². The normalized spacial score (nSPS) is 13.3. The van der Waals surface area contributed by atoms with Gasteiger partial charge in [-0.2, -0.15) is 0 Å². The van der Waals surface area contributed by atoms with Crippen LogP contribution in [0, 0.1) is 5.41 Å². The van der Waals surface area contributed by atoms with Crippen LogP contribution in [0.2, 0.25) is 0 Å². The predicted octanol–water partition coefficient (Wildman–Crippen LogP) is 7.56. The van der Waals surface area contributed by atoms with E-state index in [9.17, 15) is 0 Å². The van der Waals surface area contributed by atoms with Crippen LogP contribution in [0.5, 0.6) is 0 Å². The fourth-order valence-electron chi connectivity index (χ4n) is 5.66. The molecule has 2 nitrogen and oxygen atoms in total. The number of hydrogen-bond acceptors (Lipinski definition) is 2. The molecule has 0 fully saturated rings. The van der Waals surface area contributed by atoms with Crippen molar-refractivity contribution in [2.75, 3.05) is 0 Å². The van der Waals surface area contributed by atoms with Gasteiger partial charge in [0.1, 0.15) is 0 Å². The van der Waals surface area contributed by atoms with Crippen LogP contribution in [0.4, 0.5) is 0 Å². The quantitative estimate of drug-likeness (QED) is 0.255. The summed E-state index contributed by atoms with van der Waals surface area (Å²) in [6, 6.07) is 45.5. The molecule has 0 bridgehead atoms. The van der Waals surface area contributed by atoms with Crippen molar-refractivity contribution in [3.8, 4) is 22.3 Å². The molecular weight excluding hydrogens is 436 g/mol. The molecule has 0 radical (unpaired) electrons. The van der Waals surface area contributed by atoms with Gasteiger partial charge in [0.2, 0.25) is 0 Å². The molecule has 1 aliphatic rings. The minimum atomic E-state index is -0.404. The summed E-state index contributed by atoms with van der Waals surface area (Å²) in [5.74, 6) is 0. The zero-order valence-corrected chi connectivity index (χ0v) is 19.9. The average Bonchev–Trinajstić information content (AvgIpc) is 3.25. The van der Waals surface area contributed by atoms with Crippen molar-refractivity contribution in [1.29, 1.82) is 5.41 Å². The molecule has 3 N–H and O–H groups in total. The van der Waals surface area contributed by atoms with E-state index in [0.717, 1.165) is 16.7 Å². The molecule has 6 rings (SSSR count). The Kier molecular flexibility index (Phi) is 5.35. The van der Waals surface area contributed by atoms with E-state index in [1.807, 2.05) is 12.1 Å². The number of nitrogens with two attached hydrogens (primary N) is 1. The highest BCUT2D eigenvalue weighted by atomic mass is 14.5. The van der Waals surface area contributed by atoms with Gasteiger partial charge in [0.25, 0.3) is 0 Å². The number of benzene rings is 5. The number of rotatable bonds is 5. The second kappa shape index (κ2) is 8.83. The zero-order valence-electron chi connectivity index (χ0n) is 19.9. The summed E-state index contributed by atoms with van der Waals surface area (Å²) < 4.78 is 0. The molecule has 172 valence electrons. The van der Waals surface area contributed by atoms with Gasteiger partial charge in [0.05, 0.1) is 11.1 Å². The Balaban J connectivity index is 1.60. The van der Waals surface area contributed by atoms with Gasteiger partial charge in [-0.1, -0.05) is 121 Å². The van der Waals surface area contributed by atoms with Crippen LogP contribution < -0.4 is 5.73 Å². The van der Waals surface area contributed by atoms with Crippen LogP contribution >= 0.6 is 0 Å². The average molecular weight is 463 g/mol. The lowest BCUT2D eigenvalue weighted by Crippen LogP contribution is -2.28. The van der Waals surface area contributed by atoms with Crippen LogP contribution in [0.3, 0.4) is 0 Å². The Morgan fingerprint density at radius 1 is 0.583 bits per heavy atom. The van der Waals surface area contributed by atoms with E-state index >= 15 is 0 Å². The SMILES string of the molecule is N=C(/C=C\N)c1ccc(-c2ccc3c(c2)C(c2ccccc2)(c2ccccc2)c2ccccc2-3)cc1. The summed E-state index contributed by atoms with van der Waals surface area (Å²) in [5, 5.41) is 8.16. The predicted molar refractivity (Wildman–Crippen MR) is 149 cm³/mol. The fraction of sp³-hybridized carbons (Fsp3) is 0.0294. The highest BCUT2D eigenvalue weighted by Gasteiger charge is 2.45. The maximum Gasteiger partial charge on any atom is 0.0713 e. The lowest BCUT2D eigenvalue weighted by atomic mass is 9.67. The van der Waals surface area contributed by atoms with Crippen LogP contribution in [0.25, 0.3) is 22.3 Å². The first-order valence-electron chi connectivity index (χ1n) is 12.2. The van der Waals surface area contributed by atoms with Gasteiger partial charge >= 0.3 is 0 Å². The first kappa shape index (κ1) is 21.8. The van der Waals surface area contributed by atoms with Crippen molar-refractivity contribution >= 4 is 5.71 Å². The van der Waals surface area contributed by atoms with Gasteiger partial charge in [-0.25, -0.2) is 0 Å². The minimum Gasteiger partial charge on any atom is -0.405 e. The van der Waals surface area contributed by atoms with Gasteiger partial charge < -0.3 is 11.1 Å². The molecule has 0 spiro atoms. The molecule has 0 heterocycles. The summed E-state index contributed by atoms with van der Waals surface area (Å²) in [6.45, 7) is 0. The second-order valence-corrected chi connectivity index (χ2v) is 9.14. The Morgan fingerprint density at radius 3 is 1.78 bits per heavy atom. The van der Waals surface area contributed by atoms with Gasteiger partial charge in [-0.05, 0) is 68.4 Å². The Morgan fingerprint density at radius 2 is 1.14 bits per heavy atom. The summed E-state index contributed by atoms with van der Waals surface area (Å²) in [4.78, 5) is 0. The Hall–Kier alpha value is -4.69. The maximum atomic E-state index is 8.16. The van der Waals surface area contributed by atoms with Crippen LogP contribution in [0.15, 0.2) is 140 Å². The zero-order chi connectivity index (χ0) is 24.5. The van der Waals surface area contributed by atoms with Gasteiger partial charge in [0, 0.05) is 0 Å².